The predicted octanol–water partition coefficient (Wildman–Crippen LogP) is 1.45. The summed E-state index contributed by atoms with van der Waals surface area (Å²) in [5, 5.41) is 3.03. The number of amides is 1. The van der Waals surface area contributed by atoms with Crippen molar-refractivity contribution in [3.05, 3.63) is 35.1 Å². The highest BCUT2D eigenvalue weighted by Crippen LogP contribution is 2.29. The van der Waals surface area contributed by atoms with Gasteiger partial charge in [-0.3, -0.25) is 4.79 Å². The molecule has 0 aromatic rings. The Morgan fingerprint density at radius 3 is 2.62 bits per heavy atom. The molecule has 2 aliphatic rings. The maximum Gasteiger partial charge on any atom is 0.247 e. The number of nitrogens with zero attached hydrogens (tertiary/aromatic N) is 1. The summed E-state index contributed by atoms with van der Waals surface area (Å²) < 4.78 is 0. The lowest BCUT2D eigenvalue weighted by Crippen LogP contribution is -2.45. The molecule has 0 saturated carbocycles. The predicted molar refractivity (Wildman–Crippen MR) is 64.7 cm³/mol. The van der Waals surface area contributed by atoms with Crippen molar-refractivity contribution in [2.75, 3.05) is 14.1 Å². The van der Waals surface area contributed by atoms with Crippen LogP contribution in [0.3, 0.4) is 0 Å². The Labute approximate surface area is 96.5 Å². The molecule has 2 atom stereocenters. The van der Waals surface area contributed by atoms with E-state index in [0.29, 0.717) is 5.92 Å². The summed E-state index contributed by atoms with van der Waals surface area (Å²) in [5.41, 5.74) is 3.18. The molecule has 1 heterocycles. The van der Waals surface area contributed by atoms with Crippen LogP contribution in [0.25, 0.3) is 0 Å². The number of nitrogens with one attached hydrogen (secondary N) is 1. The number of hydrogen-bond acceptors (Lipinski definition) is 2. The maximum atomic E-state index is 11.7. The molecule has 0 bridgehead atoms. The van der Waals surface area contributed by atoms with E-state index in [2.05, 4.69) is 28.4 Å². The van der Waals surface area contributed by atoms with Crippen molar-refractivity contribution in [3.8, 4) is 0 Å². The zero-order valence-corrected chi connectivity index (χ0v) is 10.2. The normalized spacial score (nSPS) is 28.5. The van der Waals surface area contributed by atoms with Gasteiger partial charge in [-0.15, -0.1) is 0 Å². The standard InChI is InChI=1S/C13H18N2O/c1-8-9(2)13(16)14-12-7-10(15(3)4)5-6-11(8)12/h5-7,11-12H,1-4H3,(H,14,16). The molecule has 1 aliphatic heterocycles. The first-order valence-electron chi connectivity index (χ1n) is 5.56. The molecule has 16 heavy (non-hydrogen) atoms. The molecule has 0 spiro atoms. The SMILES string of the molecule is CC1=C(C)C2C=CC(N(C)C)=CC2NC1=O. The number of carbonyl (C=O) groups is 1. The minimum Gasteiger partial charge on any atom is -0.378 e. The van der Waals surface area contributed by atoms with Crippen molar-refractivity contribution in [1.82, 2.24) is 10.2 Å². The van der Waals surface area contributed by atoms with Gasteiger partial charge in [0.25, 0.3) is 0 Å². The summed E-state index contributed by atoms with van der Waals surface area (Å²) in [7, 11) is 4.02. The van der Waals surface area contributed by atoms with Gasteiger partial charge in [-0.05, 0) is 26.0 Å². The quantitative estimate of drug-likeness (QED) is 0.722. The number of rotatable bonds is 1. The van der Waals surface area contributed by atoms with E-state index < -0.39 is 0 Å². The van der Waals surface area contributed by atoms with Gasteiger partial charge >= 0.3 is 0 Å². The maximum absolute atomic E-state index is 11.7. The molecule has 1 N–H and O–H groups in total. The minimum atomic E-state index is 0.0587. The van der Waals surface area contributed by atoms with E-state index in [-0.39, 0.29) is 11.9 Å². The second-order valence-electron chi connectivity index (χ2n) is 4.68. The Balaban J connectivity index is 2.34. The van der Waals surface area contributed by atoms with Crippen LogP contribution >= 0.6 is 0 Å². The molecule has 86 valence electrons. The Hall–Kier alpha value is -1.51. The van der Waals surface area contributed by atoms with E-state index in [1.165, 1.54) is 5.57 Å². The van der Waals surface area contributed by atoms with Crippen molar-refractivity contribution >= 4 is 5.91 Å². The Morgan fingerprint density at radius 1 is 1.31 bits per heavy atom. The highest BCUT2D eigenvalue weighted by molar-refractivity contribution is 5.95. The fourth-order valence-corrected chi connectivity index (χ4v) is 2.20. The van der Waals surface area contributed by atoms with Gasteiger partial charge < -0.3 is 10.2 Å². The van der Waals surface area contributed by atoms with Crippen LogP contribution < -0.4 is 5.32 Å². The van der Waals surface area contributed by atoms with Gasteiger partial charge in [0, 0.05) is 31.3 Å². The van der Waals surface area contributed by atoms with Gasteiger partial charge in [-0.1, -0.05) is 11.6 Å². The lowest BCUT2D eigenvalue weighted by Gasteiger charge is -2.34. The van der Waals surface area contributed by atoms with E-state index in [0.717, 1.165) is 11.3 Å². The molecule has 1 aliphatic carbocycles. The lowest BCUT2D eigenvalue weighted by atomic mass is 9.82. The number of carbonyl (C=O) groups excluding carboxylic acids is 1. The van der Waals surface area contributed by atoms with Crippen molar-refractivity contribution in [2.45, 2.75) is 19.9 Å². The van der Waals surface area contributed by atoms with E-state index in [9.17, 15) is 4.79 Å². The highest BCUT2D eigenvalue weighted by Gasteiger charge is 2.30. The van der Waals surface area contributed by atoms with Crippen molar-refractivity contribution in [1.29, 1.82) is 0 Å². The first-order valence-corrected chi connectivity index (χ1v) is 5.56. The first kappa shape index (κ1) is 11.0. The van der Waals surface area contributed by atoms with Gasteiger partial charge in [0.05, 0.1) is 6.04 Å². The summed E-state index contributed by atoms with van der Waals surface area (Å²) in [6, 6.07) is 0.110. The molecular weight excluding hydrogens is 200 g/mol. The molecule has 2 rings (SSSR count). The molecule has 0 radical (unpaired) electrons. The second kappa shape index (κ2) is 3.81. The van der Waals surface area contributed by atoms with Crippen LogP contribution in [0.2, 0.25) is 0 Å². The molecule has 1 amide bonds. The molecule has 2 unspecified atom stereocenters. The Morgan fingerprint density at radius 2 is 2.00 bits per heavy atom. The van der Waals surface area contributed by atoms with Crippen LogP contribution in [-0.4, -0.2) is 30.9 Å². The summed E-state index contributed by atoms with van der Waals surface area (Å²) in [6.45, 7) is 3.93. The topological polar surface area (TPSA) is 32.3 Å². The third-order valence-electron chi connectivity index (χ3n) is 3.46. The molecule has 0 aromatic heterocycles. The van der Waals surface area contributed by atoms with Crippen LogP contribution in [0.15, 0.2) is 35.1 Å². The monoisotopic (exact) mass is 218 g/mol. The zero-order valence-electron chi connectivity index (χ0n) is 10.2. The van der Waals surface area contributed by atoms with Crippen LogP contribution in [0.1, 0.15) is 13.8 Å². The van der Waals surface area contributed by atoms with Crippen LogP contribution in [0.5, 0.6) is 0 Å². The zero-order chi connectivity index (χ0) is 11.9. The van der Waals surface area contributed by atoms with Crippen molar-refractivity contribution < 1.29 is 4.79 Å². The van der Waals surface area contributed by atoms with Crippen molar-refractivity contribution in [3.63, 3.8) is 0 Å². The van der Waals surface area contributed by atoms with Crippen molar-refractivity contribution in [2.24, 2.45) is 5.92 Å². The Kier molecular flexibility index (Phi) is 2.62. The fraction of sp³-hybridized carbons (Fsp3) is 0.462. The van der Waals surface area contributed by atoms with Gasteiger partial charge in [0.1, 0.15) is 0 Å². The summed E-state index contributed by atoms with van der Waals surface area (Å²) in [5.74, 6) is 0.379. The first-order chi connectivity index (χ1) is 7.50. The van der Waals surface area contributed by atoms with Gasteiger partial charge in [-0.25, -0.2) is 0 Å². The molecule has 0 aromatic carbocycles. The summed E-state index contributed by atoms with van der Waals surface area (Å²) >= 11 is 0. The van der Waals surface area contributed by atoms with E-state index >= 15 is 0 Å². The third kappa shape index (κ3) is 1.66. The second-order valence-corrected chi connectivity index (χ2v) is 4.68. The highest BCUT2D eigenvalue weighted by atomic mass is 16.1. The van der Waals surface area contributed by atoms with Crippen LogP contribution in [0.4, 0.5) is 0 Å². The molecule has 0 fully saturated rings. The summed E-state index contributed by atoms with van der Waals surface area (Å²) in [6.07, 6.45) is 6.42. The number of fused-ring (bicyclic) bond motifs is 1. The number of hydrogen-bond donors (Lipinski definition) is 1. The van der Waals surface area contributed by atoms with Gasteiger partial charge in [-0.2, -0.15) is 0 Å². The van der Waals surface area contributed by atoms with E-state index in [1.54, 1.807) is 0 Å². The Bertz CT molecular complexity index is 416. The third-order valence-corrected chi connectivity index (χ3v) is 3.46. The van der Waals surface area contributed by atoms with E-state index in [1.807, 2.05) is 27.9 Å². The van der Waals surface area contributed by atoms with Crippen LogP contribution in [0, 0.1) is 5.92 Å². The average molecular weight is 218 g/mol. The van der Waals surface area contributed by atoms with Crippen LogP contribution in [-0.2, 0) is 4.79 Å². The average Bonchev–Trinajstić information content (AvgIpc) is 2.25. The fourth-order valence-electron chi connectivity index (χ4n) is 2.20. The largest absolute Gasteiger partial charge is 0.378 e. The summed E-state index contributed by atoms with van der Waals surface area (Å²) in [4.78, 5) is 13.8. The number of likely N-dealkylation sites (N-methyl/N-ethyl adjacent to an activating group) is 1. The van der Waals surface area contributed by atoms with E-state index in [4.69, 9.17) is 0 Å². The number of allylic oxidation sites excluding steroid dienone is 1. The molecule has 0 saturated heterocycles. The molecular formula is C13H18N2O. The minimum absolute atomic E-state index is 0.0587. The smallest absolute Gasteiger partial charge is 0.247 e. The van der Waals surface area contributed by atoms with Gasteiger partial charge in [0.2, 0.25) is 5.91 Å². The molecule has 3 heteroatoms. The molecule has 3 nitrogen and oxygen atoms in total. The van der Waals surface area contributed by atoms with Gasteiger partial charge in [0.15, 0.2) is 0 Å². The lowest BCUT2D eigenvalue weighted by molar-refractivity contribution is -0.118.